The lowest BCUT2D eigenvalue weighted by Crippen LogP contribution is -2.30. The Balaban J connectivity index is 5.25. The number of rotatable bonds is 83. The van der Waals surface area contributed by atoms with Crippen molar-refractivity contribution in [2.75, 3.05) is 39.6 Å². The fourth-order valence-corrected chi connectivity index (χ4v) is 14.6. The van der Waals surface area contributed by atoms with Crippen LogP contribution in [0.4, 0.5) is 0 Å². The third-order valence-electron chi connectivity index (χ3n) is 20.1. The number of aliphatic hydroxyl groups is 1. The first-order valence-corrected chi connectivity index (χ1v) is 46.5. The summed E-state index contributed by atoms with van der Waals surface area (Å²) in [4.78, 5) is 73.2. The smallest absolute Gasteiger partial charge is 0.462 e. The molecule has 3 unspecified atom stereocenters. The van der Waals surface area contributed by atoms with Gasteiger partial charge >= 0.3 is 39.5 Å². The van der Waals surface area contributed by atoms with Crippen LogP contribution in [0.3, 0.4) is 0 Å². The van der Waals surface area contributed by atoms with E-state index in [1.54, 1.807) is 0 Å². The molecule has 0 aliphatic carbocycles. The van der Waals surface area contributed by atoms with E-state index in [4.69, 9.17) is 37.0 Å². The van der Waals surface area contributed by atoms with Crippen molar-refractivity contribution in [3.8, 4) is 0 Å². The lowest BCUT2D eigenvalue weighted by molar-refractivity contribution is -0.161. The molecule has 0 saturated heterocycles. The number of hydrogen-bond acceptors (Lipinski definition) is 15. The molecule has 0 amide bonds. The number of carbonyl (C=O) groups excluding carboxylic acids is 4. The van der Waals surface area contributed by atoms with Gasteiger partial charge in [-0.15, -0.1) is 0 Å². The van der Waals surface area contributed by atoms with Crippen LogP contribution in [0, 0.1) is 11.8 Å². The van der Waals surface area contributed by atoms with Gasteiger partial charge in [-0.1, -0.05) is 395 Å². The Hall–Kier alpha value is -1.94. The monoisotopic (exact) mass is 1510 g/mol. The number of esters is 4. The summed E-state index contributed by atoms with van der Waals surface area (Å²) < 4.78 is 68.9. The summed E-state index contributed by atoms with van der Waals surface area (Å²) in [5.41, 5.74) is 0. The largest absolute Gasteiger partial charge is 0.472 e. The maximum atomic E-state index is 13.1. The molecule has 0 fully saturated rings. The van der Waals surface area contributed by atoms with Crippen LogP contribution in [0.2, 0.25) is 0 Å². The molecule has 0 aromatic carbocycles. The number of phosphoric ester groups is 2. The fraction of sp³-hybridized carbons (Fsp3) is 0.952. The van der Waals surface area contributed by atoms with Crippen LogP contribution < -0.4 is 0 Å². The summed E-state index contributed by atoms with van der Waals surface area (Å²) in [5, 5.41) is 10.7. The van der Waals surface area contributed by atoms with E-state index in [1.165, 1.54) is 263 Å². The normalized spacial score (nSPS) is 14.1. The van der Waals surface area contributed by atoms with E-state index in [9.17, 15) is 43.2 Å². The minimum absolute atomic E-state index is 0.108. The molecule has 0 aromatic heterocycles. The summed E-state index contributed by atoms with van der Waals surface area (Å²) >= 11 is 0. The Kier molecular flexibility index (Phi) is 74.1. The molecule has 19 heteroatoms. The van der Waals surface area contributed by atoms with Crippen molar-refractivity contribution in [3.05, 3.63) is 0 Å². The highest BCUT2D eigenvalue weighted by molar-refractivity contribution is 7.47. The molecule has 0 radical (unpaired) electrons. The van der Waals surface area contributed by atoms with Crippen LogP contribution >= 0.6 is 15.6 Å². The molecule has 0 heterocycles. The van der Waals surface area contributed by atoms with Gasteiger partial charge in [0.1, 0.15) is 19.3 Å². The minimum Gasteiger partial charge on any atom is -0.462 e. The topological polar surface area (TPSA) is 237 Å². The molecule has 0 saturated carbocycles. The van der Waals surface area contributed by atoms with Gasteiger partial charge in [0, 0.05) is 25.7 Å². The van der Waals surface area contributed by atoms with Crippen LogP contribution in [0.15, 0.2) is 0 Å². The van der Waals surface area contributed by atoms with Gasteiger partial charge in [0.05, 0.1) is 26.4 Å². The van der Waals surface area contributed by atoms with E-state index < -0.39 is 97.5 Å². The van der Waals surface area contributed by atoms with Crippen molar-refractivity contribution in [2.24, 2.45) is 11.8 Å². The molecule has 0 spiro atoms. The summed E-state index contributed by atoms with van der Waals surface area (Å²) in [6, 6.07) is 0. The molecule has 612 valence electrons. The molecule has 103 heavy (non-hydrogen) atoms. The zero-order valence-corrected chi connectivity index (χ0v) is 69.4. The van der Waals surface area contributed by atoms with Gasteiger partial charge in [0.25, 0.3) is 0 Å². The number of ether oxygens (including phenoxy) is 4. The van der Waals surface area contributed by atoms with Crippen molar-refractivity contribution in [1.82, 2.24) is 0 Å². The SMILES string of the molecule is CCCCCCCCCCCCCCCCCCCC(=O)O[C@H](COC(=O)CCCCCCCCCCCCC)COP(=O)(O)OC[C@H](O)COP(=O)(O)OC[C@@H](COC(=O)CCCCCCCCCCCCCCCCC(C)C)OC(=O)CCCCCCCCCCCCCCCCC(C)CC. The Morgan fingerprint density at radius 2 is 0.495 bits per heavy atom. The molecular weight excluding hydrogens is 1340 g/mol. The number of unbranched alkanes of at least 4 members (excludes halogenated alkanes) is 52. The standard InChI is InChI=1S/C84H164O17P2/c1-7-10-12-14-16-18-20-21-22-23-24-32-38-44-50-56-62-68-83(88)100-79(72-94-81(86)66-60-54-48-42-34-19-17-15-13-11-8-2)74-98-102(90,91)96-70-78(85)71-97-103(92,93)99-75-80(73-95-82(87)67-61-55-49-43-37-31-27-25-29-35-40-46-52-58-64-76(4)5)101-84(89)69-63-57-51-45-39-33-28-26-30-36-41-47-53-59-65-77(6)9-3/h76-80,85H,7-75H2,1-6H3,(H,90,91)(H,92,93)/t77?,78-,79+,80+/m0/s1. The first-order chi connectivity index (χ1) is 49.9. The molecule has 0 aliphatic heterocycles. The van der Waals surface area contributed by atoms with E-state index in [0.717, 1.165) is 102 Å². The van der Waals surface area contributed by atoms with Crippen LogP contribution in [0.5, 0.6) is 0 Å². The summed E-state index contributed by atoms with van der Waals surface area (Å²) in [6.07, 6.45) is 66.4. The third kappa shape index (κ3) is 76.6. The molecule has 0 bridgehead atoms. The van der Waals surface area contributed by atoms with Crippen molar-refractivity contribution in [2.45, 2.75) is 464 Å². The first-order valence-electron chi connectivity index (χ1n) is 43.5. The second-order valence-corrected chi connectivity index (χ2v) is 33.8. The highest BCUT2D eigenvalue weighted by Gasteiger charge is 2.30. The Labute approximate surface area is 632 Å². The van der Waals surface area contributed by atoms with E-state index in [0.29, 0.717) is 25.7 Å². The Morgan fingerprint density at radius 3 is 0.738 bits per heavy atom. The van der Waals surface area contributed by atoms with Crippen LogP contribution in [0.1, 0.15) is 446 Å². The second kappa shape index (κ2) is 75.5. The quantitative estimate of drug-likeness (QED) is 0.0222. The van der Waals surface area contributed by atoms with Crippen LogP contribution in [-0.2, 0) is 65.4 Å². The molecule has 0 rings (SSSR count). The average molecular weight is 1510 g/mol. The van der Waals surface area contributed by atoms with Gasteiger partial charge in [-0.05, 0) is 37.5 Å². The molecule has 0 aliphatic rings. The summed E-state index contributed by atoms with van der Waals surface area (Å²) in [7, 11) is -9.92. The lowest BCUT2D eigenvalue weighted by atomic mass is 9.99. The molecule has 0 aromatic rings. The van der Waals surface area contributed by atoms with Gasteiger partial charge in [-0.25, -0.2) is 9.13 Å². The number of aliphatic hydroxyl groups excluding tert-OH is 1. The molecular formula is C84H164O17P2. The zero-order chi connectivity index (χ0) is 75.6. The van der Waals surface area contributed by atoms with Crippen molar-refractivity contribution >= 4 is 39.5 Å². The van der Waals surface area contributed by atoms with Crippen molar-refractivity contribution < 1.29 is 80.2 Å². The highest BCUT2D eigenvalue weighted by Crippen LogP contribution is 2.45. The first kappa shape index (κ1) is 101. The fourth-order valence-electron chi connectivity index (χ4n) is 13.0. The van der Waals surface area contributed by atoms with E-state index >= 15 is 0 Å². The zero-order valence-electron chi connectivity index (χ0n) is 67.6. The summed E-state index contributed by atoms with van der Waals surface area (Å²) in [5.74, 6) is -0.457. The highest BCUT2D eigenvalue weighted by atomic mass is 31.2. The Morgan fingerprint density at radius 1 is 0.282 bits per heavy atom. The van der Waals surface area contributed by atoms with Crippen LogP contribution in [0.25, 0.3) is 0 Å². The van der Waals surface area contributed by atoms with Crippen molar-refractivity contribution in [1.29, 1.82) is 0 Å². The minimum atomic E-state index is -4.96. The summed E-state index contributed by atoms with van der Waals surface area (Å²) in [6.45, 7) is 9.74. The maximum absolute atomic E-state index is 13.1. The second-order valence-electron chi connectivity index (χ2n) is 30.9. The van der Waals surface area contributed by atoms with Gasteiger partial charge in [-0.3, -0.25) is 37.3 Å². The van der Waals surface area contributed by atoms with E-state index in [-0.39, 0.29) is 25.7 Å². The molecule has 3 N–H and O–H groups in total. The van der Waals surface area contributed by atoms with Crippen molar-refractivity contribution in [3.63, 3.8) is 0 Å². The van der Waals surface area contributed by atoms with Gasteiger partial charge in [-0.2, -0.15) is 0 Å². The molecule has 17 nitrogen and oxygen atoms in total. The third-order valence-corrected chi connectivity index (χ3v) is 22.0. The van der Waals surface area contributed by atoms with E-state index in [1.807, 2.05) is 0 Å². The lowest BCUT2D eigenvalue weighted by Gasteiger charge is -2.21. The molecule has 6 atom stereocenters. The van der Waals surface area contributed by atoms with Gasteiger partial charge < -0.3 is 33.8 Å². The predicted molar refractivity (Wildman–Crippen MR) is 423 cm³/mol. The predicted octanol–water partition coefficient (Wildman–Crippen LogP) is 25.5. The number of phosphoric acid groups is 2. The van der Waals surface area contributed by atoms with Gasteiger partial charge in [0.15, 0.2) is 12.2 Å². The van der Waals surface area contributed by atoms with E-state index in [2.05, 4.69) is 41.5 Å². The average Bonchev–Trinajstić information content (AvgIpc) is 0.908. The Bertz CT molecular complexity index is 1980. The number of carbonyl (C=O) groups is 4. The maximum Gasteiger partial charge on any atom is 0.472 e. The number of hydrogen-bond donors (Lipinski definition) is 3. The van der Waals surface area contributed by atoms with Crippen LogP contribution in [-0.4, -0.2) is 96.7 Å². The van der Waals surface area contributed by atoms with Gasteiger partial charge in [0.2, 0.25) is 0 Å².